The summed E-state index contributed by atoms with van der Waals surface area (Å²) in [5, 5.41) is 406. The van der Waals surface area contributed by atoms with Crippen LogP contribution in [-0.4, -0.2) is 621 Å². The van der Waals surface area contributed by atoms with Gasteiger partial charge in [-0.25, -0.2) is 24.0 Å². The minimum absolute atomic E-state index is 0.711. The van der Waals surface area contributed by atoms with E-state index in [0.717, 1.165) is 20.8 Å². The fourth-order valence-electron chi connectivity index (χ4n) is 18.9. The number of amides is 6. The molecule has 0 spiro atoms. The molecule has 0 bridgehead atoms. The van der Waals surface area contributed by atoms with Crippen molar-refractivity contribution in [3.8, 4) is 0 Å². The minimum atomic E-state index is -3.97. The molecule has 6 amide bonds. The number of carbonyl (C=O) groups is 11. The van der Waals surface area contributed by atoms with E-state index in [9.17, 15) is 231 Å². The zero-order valence-corrected chi connectivity index (χ0v) is 79.4. The summed E-state index contributed by atoms with van der Waals surface area (Å²) in [4.78, 5) is 147. The number of aliphatic hydroxyl groups is 30. The Morgan fingerprint density at radius 1 is 0.287 bits per heavy atom. The maximum absolute atomic E-state index is 14.6. The van der Waals surface area contributed by atoms with Gasteiger partial charge in [-0.2, -0.15) is 0 Å². The van der Waals surface area contributed by atoms with Crippen LogP contribution in [0, 0.1) is 0 Å². The molecule has 69 nitrogen and oxygen atoms in total. The molecule has 0 aromatic carbocycles. The lowest BCUT2D eigenvalue weighted by Gasteiger charge is -2.53. The third-order valence-electron chi connectivity index (χ3n) is 26.3. The van der Waals surface area contributed by atoms with Crippen LogP contribution in [0.2, 0.25) is 0 Å². The number of carboxylic acid groups (broad SMARTS) is 5. The van der Waals surface area contributed by atoms with Gasteiger partial charge >= 0.3 is 29.8 Å². The quantitative estimate of drug-likeness (QED) is 0.0269. The maximum Gasteiger partial charge on any atom is 0.364 e. The largest absolute Gasteiger partial charge is 0.477 e. The molecule has 0 unspecified atom stereocenters. The Kier molecular flexibility index (Phi) is 44.3. The van der Waals surface area contributed by atoms with E-state index in [4.69, 9.17) is 80.5 Å². The average molecular weight is 2200 g/mol. The number of hydrogen-bond donors (Lipinski definition) is 41. The molecule has 41 N–H and O–H groups in total. The van der Waals surface area contributed by atoms with Crippen molar-refractivity contribution >= 4 is 65.3 Å². The number of carbonyl (C=O) groups excluding carboxylic acids is 6. The maximum atomic E-state index is 14.6. The normalized spacial score (nSPS) is 41.5. The summed E-state index contributed by atoms with van der Waals surface area (Å²) in [5.74, 6) is -38.3. The van der Waals surface area contributed by atoms with Gasteiger partial charge in [-0.3, -0.25) is 28.8 Å². The van der Waals surface area contributed by atoms with Gasteiger partial charge in [0.2, 0.25) is 35.4 Å². The van der Waals surface area contributed by atoms with E-state index in [0.29, 0.717) is 6.92 Å². The topological polar surface area (TPSA) is 1120 Å². The summed E-state index contributed by atoms with van der Waals surface area (Å²) in [7, 11) is 0. The molecule has 0 saturated carbocycles. The van der Waals surface area contributed by atoms with Crippen LogP contribution in [0.1, 0.15) is 59.8 Å². The zero-order valence-electron chi connectivity index (χ0n) is 79.4. The van der Waals surface area contributed by atoms with Crippen molar-refractivity contribution in [2.45, 2.75) is 364 Å². The van der Waals surface area contributed by atoms with Crippen LogP contribution < -0.4 is 31.9 Å². The first kappa shape index (κ1) is 126. The molecule has 0 aromatic heterocycles. The van der Waals surface area contributed by atoms with E-state index in [-0.39, 0.29) is 0 Å². The van der Waals surface area contributed by atoms with Crippen molar-refractivity contribution in [3.05, 3.63) is 0 Å². The van der Waals surface area contributed by atoms with Crippen LogP contribution in [0.4, 0.5) is 0 Å². The van der Waals surface area contributed by atoms with Crippen molar-refractivity contribution in [2.75, 3.05) is 72.7 Å². The van der Waals surface area contributed by atoms with E-state index < -0.39 is 474 Å². The molecule has 9 saturated heterocycles. The Labute approximate surface area is 843 Å². The van der Waals surface area contributed by atoms with Crippen molar-refractivity contribution < 1.29 is 312 Å². The molecule has 9 aliphatic heterocycles. The van der Waals surface area contributed by atoms with E-state index >= 15 is 0 Å². The van der Waals surface area contributed by atoms with Crippen LogP contribution in [0.25, 0.3) is 0 Å². The van der Waals surface area contributed by atoms with Gasteiger partial charge in [0.25, 0.3) is 28.9 Å². The molecule has 9 rings (SSSR count). The molecule has 9 aliphatic rings. The number of nitrogens with one attached hydrogen (secondary N) is 6. The molecule has 69 heteroatoms. The highest BCUT2D eigenvalue weighted by Crippen LogP contribution is 2.47. The Morgan fingerprint density at radius 2 is 0.553 bits per heavy atom. The van der Waals surface area contributed by atoms with Crippen LogP contribution in [0.3, 0.4) is 0 Å². The molecule has 862 valence electrons. The Balaban J connectivity index is 1.09. The van der Waals surface area contributed by atoms with Gasteiger partial charge in [-0.05, 0) is 0 Å². The summed E-state index contributed by atoms with van der Waals surface area (Å²) in [6.45, 7) is -13.5. The zero-order chi connectivity index (χ0) is 112. The highest BCUT2D eigenvalue weighted by Gasteiger charge is 2.69. The van der Waals surface area contributed by atoms with Gasteiger partial charge in [0.1, 0.15) is 202 Å². The predicted octanol–water partition coefficient (Wildman–Crippen LogP) is -25.8. The second-order valence-corrected chi connectivity index (χ2v) is 36.8. The van der Waals surface area contributed by atoms with Crippen LogP contribution in [0.5, 0.6) is 0 Å². The number of hydrogen-bond acceptors (Lipinski definition) is 58. The number of aliphatic hydroxyl groups excluding tert-OH is 30. The summed E-state index contributed by atoms with van der Waals surface area (Å²) >= 11 is 0. The molecular formula is C81H130N6O63. The highest BCUT2D eigenvalue weighted by atomic mass is 16.8. The lowest BCUT2D eigenvalue weighted by atomic mass is 9.86. The molecule has 50 atom stereocenters. The van der Waals surface area contributed by atoms with Gasteiger partial charge in [0.05, 0.1) is 120 Å². The Hall–Kier alpha value is -7.71. The van der Waals surface area contributed by atoms with Gasteiger partial charge < -0.3 is 291 Å². The summed E-state index contributed by atoms with van der Waals surface area (Å²) in [6.07, 6.45) is -109. The van der Waals surface area contributed by atoms with E-state index in [2.05, 4.69) is 21.3 Å². The van der Waals surface area contributed by atoms with E-state index in [1.54, 1.807) is 0 Å². The second-order valence-electron chi connectivity index (χ2n) is 36.8. The molecular weight excluding hydrogens is 2060 g/mol. The highest BCUT2D eigenvalue weighted by molar-refractivity contribution is 5.81. The van der Waals surface area contributed by atoms with Crippen LogP contribution in [0.15, 0.2) is 0 Å². The van der Waals surface area contributed by atoms with Crippen LogP contribution >= 0.6 is 0 Å². The first-order valence-corrected chi connectivity index (χ1v) is 46.1. The van der Waals surface area contributed by atoms with Gasteiger partial charge in [-0.1, -0.05) is 0 Å². The Bertz CT molecular complexity index is 4490. The third-order valence-corrected chi connectivity index (χ3v) is 26.3. The molecule has 0 aliphatic carbocycles. The Morgan fingerprint density at radius 3 is 0.867 bits per heavy atom. The first-order chi connectivity index (χ1) is 70.3. The monoisotopic (exact) mass is 2190 g/mol. The van der Waals surface area contributed by atoms with Crippen molar-refractivity contribution in [3.63, 3.8) is 0 Å². The fourth-order valence-corrected chi connectivity index (χ4v) is 18.9. The average Bonchev–Trinajstić information content (AvgIpc) is 0.733. The van der Waals surface area contributed by atoms with E-state index in [1.807, 2.05) is 10.6 Å². The van der Waals surface area contributed by atoms with E-state index in [1.165, 1.54) is 0 Å². The van der Waals surface area contributed by atoms with Gasteiger partial charge in [-0.15, -0.1) is 0 Å². The fraction of sp³-hybridized carbons (Fsp3) is 0.864. The van der Waals surface area contributed by atoms with Gasteiger partial charge in [0.15, 0.2) is 25.2 Å². The lowest BCUT2D eigenvalue weighted by molar-refractivity contribution is -0.405. The number of rotatable bonds is 48. The number of ether oxygens (including phenoxy) is 17. The molecule has 0 aromatic rings. The molecule has 9 heterocycles. The summed E-state index contributed by atoms with van der Waals surface area (Å²) < 4.78 is 99.1. The van der Waals surface area contributed by atoms with Crippen molar-refractivity contribution in [1.29, 1.82) is 0 Å². The standard InChI is InChI=1S/C81H130N6O63/c1-21(99)82-41-25(103)5-77(72(124)125,144-61(41)47(112)30(108)10-88)142-36(16-94)53(118)65-45(87-40(111)20-98)29(107)9-80(148-65,75(130)131)149-66-50(115)33(13-91)136-70(56(66)121)140-60-46(85-24(4)102)69(135-32(12-90)49(60)114)139-59-38(18-96)137-71(138-58-37(17-95)134-68(123)55(120)54(58)119)57(122)67(59)150-81(76(132)133)8-27(105)43(84-23(3)101)64(147-81)52(117)35(15-93)143-79(74(128)129)6-26(104)42(83-22(2)100)63(146-79)51(116)34(14-92)141-78(73(126)127)7-28(106)44(86-39(110)19-97)62(145-78)48(113)31(109)11-89/h25-38,41-71,88-98,103-109,112-123H,5-20H2,1-4H3,(H,82,99)(H,83,100)(H,84,101)(H,85,102)(H,86,110)(H,87,111)(H,124,125)(H,126,127)(H,128,129)(H,130,131)(H,132,133)/t25-,26-,27-,28-,29-,30+,31+,32+,33+,34+,35+,36+,37+,38+,41+,42+,43+,44+,45+,46+,47+,48+,49-,50-,51+,52+,53+,54+,55+,56+,57+,58+,59-,60+,61+,62+,63+,64+,65+,66-,67+,68+,69-,70-,71-,77+,78+,79+,80-,81-/m0/s1. The molecule has 0 radical (unpaired) electrons. The lowest BCUT2D eigenvalue weighted by Crippen LogP contribution is -2.73. The predicted molar refractivity (Wildman–Crippen MR) is 455 cm³/mol. The smallest absolute Gasteiger partial charge is 0.364 e. The minimum Gasteiger partial charge on any atom is -0.477 e. The van der Waals surface area contributed by atoms with Gasteiger partial charge in [0, 0.05) is 59.8 Å². The summed E-state index contributed by atoms with van der Waals surface area (Å²) in [5.41, 5.74) is 0. The van der Waals surface area contributed by atoms with Crippen LogP contribution in [-0.2, 0) is 133 Å². The third kappa shape index (κ3) is 27.4. The summed E-state index contributed by atoms with van der Waals surface area (Å²) in [6, 6.07) is -13.3. The van der Waals surface area contributed by atoms with Crippen molar-refractivity contribution in [1.82, 2.24) is 31.9 Å². The molecule has 150 heavy (non-hydrogen) atoms. The van der Waals surface area contributed by atoms with Crippen molar-refractivity contribution in [2.24, 2.45) is 0 Å². The SMILES string of the molecule is CC(=O)N[C@H]1[C@H](O[C@@H]2[C@H](O[C@]3(C(=O)O)C[C@H](O)[C@@H](NC(C)=O)[C@H]([C@H](O)[C@@H](CO)O[C@]4(C(=O)O)C[C@H](O)[C@@H](NC(C)=O)[C@H]([C@H](O)[C@@H](CO)O[C@]5(C(=O)O)C[C@H](O)[C@@H](NC(=O)CO)[C@H]([C@H](O)[C@H](O)CO)O5)O4)O3)[C@@H](O)[C@H](O[C@H]3[C@H](O)[C@@H](O)[C@H](O)O[C@@H]3CO)O[C@@H]2CO)O[C@H](CO)[C@H](O)[C@@H]1O[C@@H]1O[C@H](CO)[C@H](O)[C@H](O[C@]2(C(=O)O)C[C@H](O)[C@@H](NC(=O)CO)[C@H]([C@H](O)[C@@H](CO)O[C@]3(C(=O)O)C[C@H](O)[C@@H](NC(C)=O)[C@H]([C@H](O)[C@H](O)CO)O3)O2)[C@H]1O. The number of carboxylic acids is 5. The first-order valence-electron chi connectivity index (χ1n) is 46.1. The second kappa shape index (κ2) is 52.9. The number of aliphatic carboxylic acids is 5. The molecule has 9 fully saturated rings.